The van der Waals surface area contributed by atoms with Gasteiger partial charge in [0, 0.05) is 16.6 Å². The fourth-order valence-electron chi connectivity index (χ4n) is 3.75. The molecule has 2 aromatic rings. The number of amides is 1. The van der Waals surface area contributed by atoms with Crippen LogP contribution in [-0.4, -0.2) is 24.0 Å². The van der Waals surface area contributed by atoms with Gasteiger partial charge in [-0.2, -0.15) is 0 Å². The highest BCUT2D eigenvalue weighted by molar-refractivity contribution is 6.30. The number of ether oxygens (including phenoxy) is 1. The molecule has 1 heterocycles. The molecule has 1 saturated heterocycles. The van der Waals surface area contributed by atoms with E-state index in [1.54, 1.807) is 0 Å². The minimum atomic E-state index is -0.248. The summed E-state index contributed by atoms with van der Waals surface area (Å²) >= 11 is 12.3. The number of rotatable bonds is 4. The lowest BCUT2D eigenvalue weighted by Gasteiger charge is -2.42. The summed E-state index contributed by atoms with van der Waals surface area (Å²) in [5, 5.41) is 1.35. The smallest absolute Gasteiger partial charge is 0.249 e. The summed E-state index contributed by atoms with van der Waals surface area (Å²) in [5.74, 6) is 1.30. The molecule has 136 valence electrons. The number of carbonyl (C=O) groups is 1. The van der Waals surface area contributed by atoms with Crippen LogP contribution in [0.25, 0.3) is 0 Å². The fourth-order valence-corrected chi connectivity index (χ4v) is 4.08. The van der Waals surface area contributed by atoms with Gasteiger partial charge in [-0.05, 0) is 53.6 Å². The minimum Gasteiger partial charge on any atom is -0.361 e. The summed E-state index contributed by atoms with van der Waals surface area (Å²) in [7, 11) is 0. The van der Waals surface area contributed by atoms with Crippen LogP contribution in [0, 0.1) is 11.8 Å². The normalized spacial score (nSPS) is 28.3. The van der Waals surface area contributed by atoms with E-state index in [1.807, 2.05) is 53.4 Å². The molecule has 2 aromatic carbocycles. The van der Waals surface area contributed by atoms with Crippen molar-refractivity contribution in [3.05, 3.63) is 69.7 Å². The summed E-state index contributed by atoms with van der Waals surface area (Å²) < 4.78 is 6.00. The molecule has 2 aliphatic rings. The minimum absolute atomic E-state index is 0.0438. The topological polar surface area (TPSA) is 29.5 Å². The van der Waals surface area contributed by atoms with Crippen LogP contribution in [0.15, 0.2) is 48.5 Å². The molecule has 3 nitrogen and oxygen atoms in total. The van der Waals surface area contributed by atoms with E-state index >= 15 is 0 Å². The third-order valence-electron chi connectivity index (χ3n) is 5.43. The first-order valence-electron chi connectivity index (χ1n) is 8.95. The lowest BCUT2D eigenvalue weighted by atomic mass is 9.92. The average molecular weight is 390 g/mol. The van der Waals surface area contributed by atoms with E-state index in [-0.39, 0.29) is 24.7 Å². The zero-order chi connectivity index (χ0) is 18.3. The number of hydrogen-bond donors (Lipinski definition) is 0. The second-order valence-corrected chi connectivity index (χ2v) is 8.18. The monoisotopic (exact) mass is 389 g/mol. The van der Waals surface area contributed by atoms with Gasteiger partial charge in [0.2, 0.25) is 5.91 Å². The fraction of sp³-hybridized carbons (Fsp3) is 0.381. The molecule has 0 spiro atoms. The van der Waals surface area contributed by atoms with E-state index in [0.717, 1.165) is 17.7 Å². The second kappa shape index (κ2) is 7.22. The van der Waals surface area contributed by atoms with Crippen LogP contribution in [0.1, 0.15) is 36.6 Å². The Morgan fingerprint density at radius 2 is 1.81 bits per heavy atom. The molecule has 4 atom stereocenters. The highest BCUT2D eigenvalue weighted by Gasteiger charge is 2.43. The SMILES string of the molecule is C[C@@H]1C[C@H]1CN1C(=O)CO[C@@H](c2cccc(Cl)c2)[C@H]1c1ccc(Cl)cc1. The highest BCUT2D eigenvalue weighted by atomic mass is 35.5. The Bertz CT molecular complexity index is 808. The largest absolute Gasteiger partial charge is 0.361 e. The lowest BCUT2D eigenvalue weighted by Crippen LogP contribution is -2.46. The van der Waals surface area contributed by atoms with Crippen molar-refractivity contribution in [2.75, 3.05) is 13.2 Å². The van der Waals surface area contributed by atoms with Gasteiger partial charge in [0.15, 0.2) is 0 Å². The van der Waals surface area contributed by atoms with Gasteiger partial charge in [-0.1, -0.05) is 54.4 Å². The van der Waals surface area contributed by atoms with Crippen molar-refractivity contribution in [2.45, 2.75) is 25.5 Å². The summed E-state index contributed by atoms with van der Waals surface area (Å²) in [5.41, 5.74) is 2.01. The van der Waals surface area contributed by atoms with E-state index in [2.05, 4.69) is 6.92 Å². The third kappa shape index (κ3) is 3.62. The van der Waals surface area contributed by atoms with Crippen molar-refractivity contribution >= 4 is 29.1 Å². The van der Waals surface area contributed by atoms with Gasteiger partial charge in [-0.3, -0.25) is 4.79 Å². The van der Waals surface area contributed by atoms with Gasteiger partial charge < -0.3 is 9.64 Å². The van der Waals surface area contributed by atoms with Gasteiger partial charge in [-0.15, -0.1) is 0 Å². The lowest BCUT2D eigenvalue weighted by molar-refractivity contribution is -0.159. The van der Waals surface area contributed by atoms with Gasteiger partial charge in [-0.25, -0.2) is 0 Å². The molecule has 26 heavy (non-hydrogen) atoms. The Hall–Kier alpha value is -1.55. The quantitative estimate of drug-likeness (QED) is 0.710. The molecule has 0 N–H and O–H groups in total. The summed E-state index contributed by atoms with van der Waals surface area (Å²) in [6.07, 6.45) is 0.932. The molecule has 2 fully saturated rings. The summed E-state index contributed by atoms with van der Waals surface area (Å²) in [4.78, 5) is 14.7. The Balaban J connectivity index is 1.73. The standard InChI is InChI=1S/C21H21Cl2NO2/c1-13-9-16(13)11-24-19(25)12-26-21(15-3-2-4-18(23)10-15)20(24)14-5-7-17(22)8-6-14/h2-8,10,13,16,20-21H,9,11-12H2,1H3/t13-,16+,20-,21+/m1/s1. The van der Waals surface area contributed by atoms with E-state index in [1.165, 1.54) is 6.42 Å². The second-order valence-electron chi connectivity index (χ2n) is 7.30. The maximum absolute atomic E-state index is 12.7. The first-order chi connectivity index (χ1) is 12.5. The van der Waals surface area contributed by atoms with E-state index in [4.69, 9.17) is 27.9 Å². The van der Waals surface area contributed by atoms with Crippen LogP contribution < -0.4 is 0 Å². The number of hydrogen-bond acceptors (Lipinski definition) is 2. The van der Waals surface area contributed by atoms with Crippen LogP contribution in [0.3, 0.4) is 0 Å². The van der Waals surface area contributed by atoms with Crippen LogP contribution in [0.2, 0.25) is 10.0 Å². The Morgan fingerprint density at radius 3 is 2.46 bits per heavy atom. The van der Waals surface area contributed by atoms with Crippen molar-refractivity contribution in [3.63, 3.8) is 0 Å². The van der Waals surface area contributed by atoms with Gasteiger partial charge in [0.25, 0.3) is 0 Å². The molecular weight excluding hydrogens is 369 g/mol. The zero-order valence-electron chi connectivity index (χ0n) is 14.6. The zero-order valence-corrected chi connectivity index (χ0v) is 16.1. The Labute approximate surface area is 163 Å². The molecule has 1 saturated carbocycles. The van der Waals surface area contributed by atoms with Crippen molar-refractivity contribution in [3.8, 4) is 0 Å². The van der Waals surface area contributed by atoms with Crippen LogP contribution in [0.4, 0.5) is 0 Å². The highest BCUT2D eigenvalue weighted by Crippen LogP contribution is 2.45. The van der Waals surface area contributed by atoms with Gasteiger partial charge >= 0.3 is 0 Å². The predicted molar refractivity (Wildman–Crippen MR) is 103 cm³/mol. The third-order valence-corrected chi connectivity index (χ3v) is 5.91. The van der Waals surface area contributed by atoms with Crippen LogP contribution in [-0.2, 0) is 9.53 Å². The van der Waals surface area contributed by atoms with Crippen molar-refractivity contribution in [1.29, 1.82) is 0 Å². The summed E-state index contributed by atoms with van der Waals surface area (Å²) in [6, 6.07) is 15.2. The molecule has 1 amide bonds. The molecule has 5 heteroatoms. The number of nitrogens with zero attached hydrogens (tertiary/aromatic N) is 1. The molecule has 4 rings (SSSR count). The average Bonchev–Trinajstić information content (AvgIpc) is 3.32. The molecule has 1 aliphatic carbocycles. The molecule has 0 aromatic heterocycles. The first kappa shape index (κ1) is 17.8. The van der Waals surface area contributed by atoms with E-state index in [0.29, 0.717) is 21.9 Å². The predicted octanol–water partition coefficient (Wildman–Crippen LogP) is 5.29. The number of morpholine rings is 1. The summed E-state index contributed by atoms with van der Waals surface area (Å²) in [6.45, 7) is 3.11. The molecule has 0 bridgehead atoms. The molecule has 0 radical (unpaired) electrons. The van der Waals surface area contributed by atoms with Gasteiger partial charge in [0.1, 0.15) is 12.7 Å². The van der Waals surface area contributed by atoms with E-state index in [9.17, 15) is 4.79 Å². The first-order valence-corrected chi connectivity index (χ1v) is 9.70. The van der Waals surface area contributed by atoms with E-state index < -0.39 is 0 Å². The number of benzene rings is 2. The van der Waals surface area contributed by atoms with Gasteiger partial charge in [0.05, 0.1) is 6.04 Å². The van der Waals surface area contributed by atoms with Crippen LogP contribution in [0.5, 0.6) is 0 Å². The maximum Gasteiger partial charge on any atom is 0.249 e. The Morgan fingerprint density at radius 1 is 1.08 bits per heavy atom. The van der Waals surface area contributed by atoms with Crippen LogP contribution >= 0.6 is 23.2 Å². The van der Waals surface area contributed by atoms with Crippen molar-refractivity contribution in [1.82, 2.24) is 4.90 Å². The number of carbonyl (C=O) groups excluding carboxylic acids is 1. The number of halogens is 2. The van der Waals surface area contributed by atoms with Crippen molar-refractivity contribution in [2.24, 2.45) is 11.8 Å². The molecule has 1 aliphatic heterocycles. The molecular formula is C21H21Cl2NO2. The molecule has 0 unspecified atom stereocenters. The Kier molecular flexibility index (Phi) is 4.96. The maximum atomic E-state index is 12.7. The van der Waals surface area contributed by atoms with Crippen molar-refractivity contribution < 1.29 is 9.53 Å².